The number of esters is 1. The molecule has 1 heterocycles. The molecule has 1 rings (SSSR count). The molecule has 1 saturated heterocycles. The van der Waals surface area contributed by atoms with Crippen LogP contribution in [0.4, 0.5) is 0 Å². The van der Waals surface area contributed by atoms with Crippen molar-refractivity contribution in [2.45, 2.75) is 65.2 Å². The number of unbranched alkanes of at least 4 members (excludes halogenated alkanes) is 5. The summed E-state index contributed by atoms with van der Waals surface area (Å²) in [6.45, 7) is 6.73. The van der Waals surface area contributed by atoms with Crippen LogP contribution >= 0.6 is 0 Å². The molecule has 1 fully saturated rings. The highest BCUT2D eigenvalue weighted by Gasteiger charge is 2.35. The first-order valence-electron chi connectivity index (χ1n) is 7.57. The van der Waals surface area contributed by atoms with E-state index < -0.39 is 0 Å². The molecule has 3 nitrogen and oxygen atoms in total. The van der Waals surface area contributed by atoms with E-state index in [0.29, 0.717) is 6.61 Å². The zero-order valence-corrected chi connectivity index (χ0v) is 12.1. The predicted molar refractivity (Wildman–Crippen MR) is 74.5 cm³/mol. The molecular formula is C15H29NO2. The minimum Gasteiger partial charge on any atom is -0.465 e. The Morgan fingerprint density at radius 3 is 2.39 bits per heavy atom. The second-order valence-corrected chi connectivity index (χ2v) is 5.71. The van der Waals surface area contributed by atoms with Crippen LogP contribution in [0.25, 0.3) is 0 Å². The van der Waals surface area contributed by atoms with E-state index in [1.807, 2.05) is 6.92 Å². The zero-order chi connectivity index (χ0) is 13.3. The van der Waals surface area contributed by atoms with E-state index in [1.165, 1.54) is 32.1 Å². The van der Waals surface area contributed by atoms with Crippen molar-refractivity contribution in [3.63, 3.8) is 0 Å². The minimum absolute atomic E-state index is 0.0116. The van der Waals surface area contributed by atoms with E-state index in [0.717, 1.165) is 32.4 Å². The highest BCUT2D eigenvalue weighted by atomic mass is 16.5. The molecule has 0 amide bonds. The van der Waals surface area contributed by atoms with Gasteiger partial charge in [0.05, 0.1) is 12.0 Å². The molecule has 0 bridgehead atoms. The van der Waals surface area contributed by atoms with Gasteiger partial charge in [-0.3, -0.25) is 4.79 Å². The second-order valence-electron chi connectivity index (χ2n) is 5.71. The Morgan fingerprint density at radius 2 is 1.72 bits per heavy atom. The summed E-state index contributed by atoms with van der Waals surface area (Å²) in [5.74, 6) is 0.0116. The molecule has 1 N–H and O–H groups in total. The Labute approximate surface area is 112 Å². The van der Waals surface area contributed by atoms with Gasteiger partial charge < -0.3 is 10.1 Å². The summed E-state index contributed by atoms with van der Waals surface area (Å²) in [6.07, 6.45) is 9.20. The van der Waals surface area contributed by atoms with Gasteiger partial charge in [0, 0.05) is 0 Å². The number of piperidine rings is 1. The summed E-state index contributed by atoms with van der Waals surface area (Å²) < 4.78 is 5.42. The SMILES string of the molecule is CCCCCCCCOC(=O)C1(C)CCNCC1. The quantitative estimate of drug-likeness (QED) is 0.534. The lowest BCUT2D eigenvalue weighted by molar-refractivity contribution is -0.156. The summed E-state index contributed by atoms with van der Waals surface area (Å²) in [4.78, 5) is 12.0. The van der Waals surface area contributed by atoms with Crippen molar-refractivity contribution in [2.75, 3.05) is 19.7 Å². The van der Waals surface area contributed by atoms with Gasteiger partial charge in [0.2, 0.25) is 0 Å². The van der Waals surface area contributed by atoms with Gasteiger partial charge in [-0.15, -0.1) is 0 Å². The Kier molecular flexibility index (Phi) is 7.33. The third-order valence-corrected chi connectivity index (χ3v) is 3.93. The van der Waals surface area contributed by atoms with Crippen molar-refractivity contribution < 1.29 is 9.53 Å². The number of ether oxygens (including phenoxy) is 1. The Bertz CT molecular complexity index is 235. The maximum atomic E-state index is 12.0. The molecule has 0 spiro atoms. The Hall–Kier alpha value is -0.570. The van der Waals surface area contributed by atoms with E-state index in [4.69, 9.17) is 4.74 Å². The van der Waals surface area contributed by atoms with Gasteiger partial charge in [0.25, 0.3) is 0 Å². The van der Waals surface area contributed by atoms with Gasteiger partial charge in [-0.05, 0) is 39.3 Å². The lowest BCUT2D eigenvalue weighted by Gasteiger charge is -2.31. The van der Waals surface area contributed by atoms with Crippen molar-refractivity contribution in [1.82, 2.24) is 5.32 Å². The first-order chi connectivity index (χ1) is 8.69. The van der Waals surface area contributed by atoms with E-state index >= 15 is 0 Å². The number of nitrogens with one attached hydrogen (secondary N) is 1. The summed E-state index contributed by atoms with van der Waals surface area (Å²) >= 11 is 0. The molecule has 0 aromatic heterocycles. The molecule has 0 saturated carbocycles. The van der Waals surface area contributed by atoms with Crippen molar-refractivity contribution in [1.29, 1.82) is 0 Å². The standard InChI is InChI=1S/C15H29NO2/c1-3-4-5-6-7-8-13-18-14(17)15(2)9-11-16-12-10-15/h16H,3-13H2,1-2H3. The Balaban J connectivity index is 2.05. The summed E-state index contributed by atoms with van der Waals surface area (Å²) in [7, 11) is 0. The predicted octanol–water partition coefficient (Wildman–Crippen LogP) is 3.28. The normalized spacial score (nSPS) is 18.6. The van der Waals surface area contributed by atoms with Crippen LogP contribution in [0.15, 0.2) is 0 Å². The van der Waals surface area contributed by atoms with Gasteiger partial charge in [0.1, 0.15) is 0 Å². The fraction of sp³-hybridized carbons (Fsp3) is 0.933. The average molecular weight is 255 g/mol. The molecule has 3 heteroatoms. The van der Waals surface area contributed by atoms with Crippen LogP contribution in [0.1, 0.15) is 65.2 Å². The van der Waals surface area contributed by atoms with Crippen molar-refractivity contribution >= 4 is 5.97 Å². The highest BCUT2D eigenvalue weighted by Crippen LogP contribution is 2.29. The summed E-state index contributed by atoms with van der Waals surface area (Å²) in [5.41, 5.74) is -0.243. The minimum atomic E-state index is -0.243. The van der Waals surface area contributed by atoms with E-state index in [2.05, 4.69) is 12.2 Å². The van der Waals surface area contributed by atoms with Crippen LogP contribution in [0, 0.1) is 5.41 Å². The highest BCUT2D eigenvalue weighted by molar-refractivity contribution is 5.76. The third kappa shape index (κ3) is 5.38. The van der Waals surface area contributed by atoms with E-state index in [9.17, 15) is 4.79 Å². The topological polar surface area (TPSA) is 38.3 Å². The molecule has 0 aromatic carbocycles. The number of hydrogen-bond acceptors (Lipinski definition) is 3. The van der Waals surface area contributed by atoms with Gasteiger partial charge >= 0.3 is 5.97 Å². The Morgan fingerprint density at radius 1 is 1.11 bits per heavy atom. The zero-order valence-electron chi connectivity index (χ0n) is 12.1. The number of rotatable bonds is 8. The molecule has 0 aliphatic carbocycles. The molecule has 1 aliphatic heterocycles. The van der Waals surface area contributed by atoms with E-state index in [-0.39, 0.29) is 11.4 Å². The molecule has 106 valence electrons. The van der Waals surface area contributed by atoms with Crippen LogP contribution in [-0.2, 0) is 9.53 Å². The number of carbonyl (C=O) groups excluding carboxylic acids is 1. The fourth-order valence-electron chi connectivity index (χ4n) is 2.40. The number of hydrogen-bond donors (Lipinski definition) is 1. The second kappa shape index (κ2) is 8.52. The molecule has 0 aromatic rings. The van der Waals surface area contributed by atoms with Crippen molar-refractivity contribution in [3.05, 3.63) is 0 Å². The molecule has 0 radical (unpaired) electrons. The van der Waals surface area contributed by atoms with Crippen LogP contribution in [-0.4, -0.2) is 25.7 Å². The smallest absolute Gasteiger partial charge is 0.311 e. The molecule has 18 heavy (non-hydrogen) atoms. The fourth-order valence-corrected chi connectivity index (χ4v) is 2.40. The van der Waals surface area contributed by atoms with Crippen LogP contribution < -0.4 is 5.32 Å². The van der Waals surface area contributed by atoms with Gasteiger partial charge in [-0.2, -0.15) is 0 Å². The third-order valence-electron chi connectivity index (χ3n) is 3.93. The van der Waals surface area contributed by atoms with Crippen LogP contribution in [0.3, 0.4) is 0 Å². The lowest BCUT2D eigenvalue weighted by atomic mass is 9.81. The largest absolute Gasteiger partial charge is 0.465 e. The van der Waals surface area contributed by atoms with Gasteiger partial charge in [0.15, 0.2) is 0 Å². The first-order valence-corrected chi connectivity index (χ1v) is 7.57. The van der Waals surface area contributed by atoms with Gasteiger partial charge in [-0.1, -0.05) is 39.0 Å². The van der Waals surface area contributed by atoms with Crippen molar-refractivity contribution in [2.24, 2.45) is 5.41 Å². The first kappa shape index (κ1) is 15.5. The number of carbonyl (C=O) groups is 1. The molecule has 0 unspecified atom stereocenters. The lowest BCUT2D eigenvalue weighted by Crippen LogP contribution is -2.41. The maximum Gasteiger partial charge on any atom is 0.311 e. The van der Waals surface area contributed by atoms with Crippen LogP contribution in [0.2, 0.25) is 0 Å². The molecule has 0 atom stereocenters. The monoisotopic (exact) mass is 255 g/mol. The maximum absolute atomic E-state index is 12.0. The van der Waals surface area contributed by atoms with E-state index in [1.54, 1.807) is 0 Å². The average Bonchev–Trinajstić information content (AvgIpc) is 2.38. The summed E-state index contributed by atoms with van der Waals surface area (Å²) in [6, 6.07) is 0. The molecule has 1 aliphatic rings. The summed E-state index contributed by atoms with van der Waals surface area (Å²) in [5, 5.41) is 3.28. The molecular weight excluding hydrogens is 226 g/mol. The van der Waals surface area contributed by atoms with Gasteiger partial charge in [-0.25, -0.2) is 0 Å². The van der Waals surface area contributed by atoms with Crippen molar-refractivity contribution in [3.8, 4) is 0 Å². The van der Waals surface area contributed by atoms with Crippen LogP contribution in [0.5, 0.6) is 0 Å².